The van der Waals surface area contributed by atoms with Gasteiger partial charge in [-0.25, -0.2) is 9.97 Å². The quantitative estimate of drug-likeness (QED) is 0.625. The van der Waals surface area contributed by atoms with Gasteiger partial charge in [-0.2, -0.15) is 0 Å². The summed E-state index contributed by atoms with van der Waals surface area (Å²) in [5, 5.41) is 0. The molecule has 1 aromatic heterocycles. The molecule has 0 unspecified atom stereocenters. The number of aromatic nitrogens is 2. The minimum atomic E-state index is -5.43. The largest absolute Gasteiger partial charge is 0.573 e. The zero-order valence-electron chi connectivity index (χ0n) is 28.4. The Hall–Kier alpha value is -3.62. The zero-order chi connectivity index (χ0) is 33.4. The second kappa shape index (κ2) is 8.02. The maximum Gasteiger partial charge on any atom is 0.573 e. The number of rotatable bonds is 4. The zero-order valence-corrected chi connectivity index (χ0v) is 14.4. The standard InChI is InChI=1S/C21H16F3N3O3/c22-21(23,24)30-16-5-2-14(3-6-16)15-4-7-18-17(12-15)20(28)27(10-11-29-18)13-19-25-8-1-9-26-19/h1-9,12H,10-11,13H2/i1D,2D,3D,4D,5D,6D,7D,8D,9D,11D2,12D,13D2. The van der Waals surface area contributed by atoms with E-state index in [-0.39, 0.29) is 4.90 Å². The highest BCUT2D eigenvalue weighted by atomic mass is 19.4. The summed E-state index contributed by atoms with van der Waals surface area (Å²) in [7, 11) is 0. The van der Waals surface area contributed by atoms with E-state index in [2.05, 4.69) is 14.7 Å². The number of hydrogen-bond donors (Lipinski definition) is 0. The van der Waals surface area contributed by atoms with Crippen molar-refractivity contribution in [2.45, 2.75) is 12.9 Å². The molecule has 0 saturated carbocycles. The summed E-state index contributed by atoms with van der Waals surface area (Å²) < 4.78 is 161. The van der Waals surface area contributed by atoms with Gasteiger partial charge in [0.1, 0.15) is 23.9 Å². The Kier molecular flexibility index (Phi) is 2.41. The third kappa shape index (κ3) is 4.51. The lowest BCUT2D eigenvalue weighted by Crippen LogP contribution is -2.32. The van der Waals surface area contributed by atoms with E-state index in [1.165, 1.54) is 0 Å². The molecule has 0 atom stereocenters. The van der Waals surface area contributed by atoms with Gasteiger partial charge in [0.05, 0.1) is 37.8 Å². The number of halogens is 3. The van der Waals surface area contributed by atoms with Crippen LogP contribution in [0.1, 0.15) is 35.4 Å². The molecule has 0 radical (unpaired) electrons. The molecular formula is C21H16F3N3O3. The van der Waals surface area contributed by atoms with Crippen molar-refractivity contribution < 1.29 is 46.6 Å². The number of amides is 1. The molecule has 30 heavy (non-hydrogen) atoms. The van der Waals surface area contributed by atoms with Crippen molar-refractivity contribution >= 4 is 5.91 Å². The molecule has 1 aliphatic heterocycles. The highest BCUT2D eigenvalue weighted by Crippen LogP contribution is 2.31. The summed E-state index contributed by atoms with van der Waals surface area (Å²) in [5.41, 5.74) is -3.09. The Morgan fingerprint density at radius 1 is 1.17 bits per heavy atom. The molecule has 1 amide bonds. The molecule has 1 aliphatic rings. The first-order valence-corrected chi connectivity index (χ1v) is 7.85. The van der Waals surface area contributed by atoms with Crippen LogP contribution >= 0.6 is 0 Å². The van der Waals surface area contributed by atoms with Crippen LogP contribution in [-0.2, 0) is 6.50 Å². The first-order chi connectivity index (χ1) is 20.0. The van der Waals surface area contributed by atoms with Crippen molar-refractivity contribution in [1.82, 2.24) is 14.9 Å². The minimum absolute atomic E-state index is 0.0941. The first kappa shape index (κ1) is 9.03. The van der Waals surface area contributed by atoms with Crippen LogP contribution in [-0.4, -0.2) is 40.2 Å². The molecule has 4 rings (SSSR count). The molecule has 9 heteroatoms. The van der Waals surface area contributed by atoms with E-state index in [1.807, 2.05) is 0 Å². The molecule has 2 heterocycles. The molecular weight excluding hydrogens is 399 g/mol. The van der Waals surface area contributed by atoms with Gasteiger partial charge in [0.25, 0.3) is 5.91 Å². The van der Waals surface area contributed by atoms with Crippen molar-refractivity contribution in [3.8, 4) is 22.6 Å². The number of carbonyl (C=O) groups excluding carboxylic acids is 1. The van der Waals surface area contributed by atoms with Gasteiger partial charge in [0, 0.05) is 12.3 Å². The lowest BCUT2D eigenvalue weighted by molar-refractivity contribution is -0.274. The molecule has 154 valence electrons. The predicted octanol–water partition coefficient (Wildman–Crippen LogP) is 4.08. The Labute approximate surface area is 189 Å². The summed E-state index contributed by atoms with van der Waals surface area (Å²) in [5.74, 6) is -5.22. The van der Waals surface area contributed by atoms with Gasteiger partial charge < -0.3 is 14.4 Å². The number of alkyl halides is 3. The van der Waals surface area contributed by atoms with Crippen molar-refractivity contribution in [2.75, 3.05) is 13.1 Å². The van der Waals surface area contributed by atoms with E-state index >= 15 is 0 Å². The fraction of sp³-hybridized carbons (Fsp3) is 0.190. The molecule has 0 saturated heterocycles. The van der Waals surface area contributed by atoms with Gasteiger partial charge in [-0.3, -0.25) is 4.79 Å². The van der Waals surface area contributed by atoms with Gasteiger partial charge in [0.15, 0.2) is 0 Å². The fourth-order valence-electron chi connectivity index (χ4n) is 2.19. The van der Waals surface area contributed by atoms with Crippen molar-refractivity contribution in [2.24, 2.45) is 0 Å². The van der Waals surface area contributed by atoms with E-state index in [4.69, 9.17) is 23.9 Å². The number of fused-ring (bicyclic) bond motifs is 1. The fourth-order valence-corrected chi connectivity index (χ4v) is 2.19. The first-order valence-electron chi connectivity index (χ1n) is 14.8. The van der Waals surface area contributed by atoms with Crippen LogP contribution in [0.3, 0.4) is 0 Å². The van der Waals surface area contributed by atoms with Crippen LogP contribution in [0.15, 0.2) is 60.7 Å². The van der Waals surface area contributed by atoms with Crippen LogP contribution in [0.25, 0.3) is 11.1 Å². The monoisotopic (exact) mass is 429 g/mol. The highest BCUT2D eigenvalue weighted by molar-refractivity contribution is 5.98. The second-order valence-corrected chi connectivity index (χ2v) is 5.35. The van der Waals surface area contributed by atoms with Gasteiger partial charge in [-0.1, -0.05) is 18.1 Å². The number of benzene rings is 2. The second-order valence-electron chi connectivity index (χ2n) is 5.35. The smallest absolute Gasteiger partial charge is 0.491 e. The Morgan fingerprint density at radius 3 is 2.57 bits per heavy atom. The number of hydrogen-bond acceptors (Lipinski definition) is 5. The molecule has 6 nitrogen and oxygen atoms in total. The van der Waals surface area contributed by atoms with Crippen LogP contribution in [0, 0.1) is 0 Å². The van der Waals surface area contributed by atoms with Crippen LogP contribution in [0.5, 0.6) is 11.5 Å². The molecule has 3 aromatic rings. The summed E-state index contributed by atoms with van der Waals surface area (Å²) in [6.07, 6.45) is -7.26. The maximum atomic E-state index is 13.8. The predicted molar refractivity (Wildman–Crippen MR) is 101 cm³/mol. The molecule has 2 aromatic carbocycles. The lowest BCUT2D eigenvalue weighted by atomic mass is 10.0. The summed E-state index contributed by atoms with van der Waals surface area (Å²) in [6, 6.07) is -9.51. The van der Waals surface area contributed by atoms with E-state index in [9.17, 15) is 18.0 Å². The van der Waals surface area contributed by atoms with Gasteiger partial charge in [0.2, 0.25) is 0 Å². The van der Waals surface area contributed by atoms with E-state index < -0.39 is 127 Å². The van der Waals surface area contributed by atoms with Crippen LogP contribution in [0.2, 0.25) is 0 Å². The highest BCUT2D eigenvalue weighted by Gasteiger charge is 2.31. The molecule has 0 bridgehead atoms. The van der Waals surface area contributed by atoms with E-state index in [1.54, 1.807) is 0 Å². The van der Waals surface area contributed by atoms with Crippen molar-refractivity contribution in [1.29, 1.82) is 0 Å². The average Bonchev–Trinajstić information content (AvgIpc) is 3.01. The molecule has 0 fully saturated rings. The molecule has 0 N–H and O–H groups in total. The average molecular weight is 429 g/mol. The maximum absolute atomic E-state index is 13.8. The number of nitrogens with zero attached hydrogens (tertiary/aromatic N) is 3. The summed E-state index contributed by atoms with van der Waals surface area (Å²) >= 11 is 0. The van der Waals surface area contributed by atoms with Gasteiger partial charge in [-0.15, -0.1) is 13.2 Å². The Bertz CT molecular complexity index is 1690. The molecule has 0 spiro atoms. The Balaban J connectivity index is 2.03. The van der Waals surface area contributed by atoms with E-state index in [0.29, 0.717) is 0 Å². The number of carbonyl (C=O) groups is 1. The van der Waals surface area contributed by atoms with E-state index in [0.717, 1.165) is 0 Å². The van der Waals surface area contributed by atoms with Crippen LogP contribution < -0.4 is 9.47 Å². The minimum Gasteiger partial charge on any atom is -0.491 e. The van der Waals surface area contributed by atoms with Crippen LogP contribution in [0.4, 0.5) is 13.2 Å². The van der Waals surface area contributed by atoms with Crippen molar-refractivity contribution in [3.63, 3.8) is 0 Å². The molecule has 0 aliphatic carbocycles. The third-order valence-corrected chi connectivity index (χ3v) is 3.37. The third-order valence-electron chi connectivity index (χ3n) is 3.37. The van der Waals surface area contributed by atoms with Crippen molar-refractivity contribution in [3.05, 3.63) is 72.1 Å². The topological polar surface area (TPSA) is 64.6 Å². The Morgan fingerprint density at radius 2 is 1.87 bits per heavy atom. The van der Waals surface area contributed by atoms with Gasteiger partial charge >= 0.3 is 6.36 Å². The SMILES string of the molecule is [2H]c1nc(C([2H])([2H])N2CC([2H])([2H])Oc3c([2H])c([2H])c(-c4c([2H])c([2H])c(OC(F)(F)F)c([2H])c4[2H])c([2H])c3C2=O)nc([2H])c1[2H]. The normalized spacial score (nSPS) is 22.8. The summed E-state index contributed by atoms with van der Waals surface area (Å²) in [6.45, 7) is -7.59. The lowest BCUT2D eigenvalue weighted by Gasteiger charge is -2.19. The van der Waals surface area contributed by atoms with Gasteiger partial charge in [-0.05, 0) is 41.3 Å². The summed E-state index contributed by atoms with van der Waals surface area (Å²) in [4.78, 5) is 20.9. The number of ether oxygens (including phenoxy) is 2.